The van der Waals surface area contributed by atoms with Crippen LogP contribution in [-0.2, 0) is 4.79 Å². The van der Waals surface area contributed by atoms with Crippen LogP contribution in [0.3, 0.4) is 0 Å². The first-order chi connectivity index (χ1) is 4.83. The minimum atomic E-state index is 0.245. The van der Waals surface area contributed by atoms with Crippen LogP contribution in [-0.4, -0.2) is 5.78 Å². The van der Waals surface area contributed by atoms with E-state index >= 15 is 0 Å². The molecule has 0 aromatic carbocycles. The fourth-order valence-corrected chi connectivity index (χ4v) is 0.853. The molecule has 0 heterocycles. The molecule has 1 atom stereocenters. The second kappa shape index (κ2) is 3.89. The molecule has 0 radical (unpaired) electrons. The van der Waals surface area contributed by atoms with Gasteiger partial charge in [-0.1, -0.05) is 27.7 Å². The molecule has 0 aliphatic carbocycles. The van der Waals surface area contributed by atoms with Gasteiger partial charge >= 0.3 is 0 Å². The molecule has 0 rings (SSSR count). The summed E-state index contributed by atoms with van der Waals surface area (Å²) in [5.74, 6) is 0.559. The molecule has 0 aromatic heterocycles. The maximum absolute atomic E-state index is 10.9. The van der Waals surface area contributed by atoms with Gasteiger partial charge in [-0.05, 0) is 25.2 Å². The van der Waals surface area contributed by atoms with E-state index in [1.165, 1.54) is 0 Å². The van der Waals surface area contributed by atoms with Crippen LogP contribution in [0.25, 0.3) is 0 Å². The van der Waals surface area contributed by atoms with Gasteiger partial charge in [0.2, 0.25) is 0 Å². The lowest BCUT2D eigenvalue weighted by Gasteiger charge is -2.19. The molecule has 0 saturated heterocycles. The van der Waals surface area contributed by atoms with Crippen LogP contribution < -0.4 is 0 Å². The summed E-state index contributed by atoms with van der Waals surface area (Å²) in [6, 6.07) is 0. The molecule has 0 unspecified atom stereocenters. The Morgan fingerprint density at radius 3 is 2.09 bits per heavy atom. The smallest absolute Gasteiger partial charge is 0.132 e. The number of carbonyl (C=O) groups is 1. The van der Waals surface area contributed by atoms with E-state index < -0.39 is 0 Å². The lowest BCUT2D eigenvalue weighted by atomic mass is 9.86. The molecule has 0 aliphatic heterocycles. The highest BCUT2D eigenvalue weighted by atomic mass is 16.1. The Hall–Kier alpha value is -0.330. The van der Waals surface area contributed by atoms with Crippen LogP contribution in [0.2, 0.25) is 0 Å². The van der Waals surface area contributed by atoms with E-state index in [1.54, 1.807) is 6.92 Å². The average Bonchev–Trinajstić information content (AvgIpc) is 1.80. The van der Waals surface area contributed by atoms with Gasteiger partial charge in [-0.15, -0.1) is 0 Å². The molecule has 0 amide bonds. The summed E-state index contributed by atoms with van der Waals surface area (Å²) in [5, 5.41) is 0. The molecular weight excluding hydrogens is 136 g/mol. The van der Waals surface area contributed by atoms with Crippen molar-refractivity contribution in [2.24, 2.45) is 11.3 Å². The lowest BCUT2D eigenvalue weighted by molar-refractivity contribution is -0.120. The van der Waals surface area contributed by atoms with Crippen LogP contribution in [0.15, 0.2) is 0 Å². The largest absolute Gasteiger partial charge is 0.300 e. The van der Waals surface area contributed by atoms with E-state index in [1.807, 2.05) is 6.92 Å². The highest BCUT2D eigenvalue weighted by Crippen LogP contribution is 2.23. The van der Waals surface area contributed by atoms with Crippen molar-refractivity contribution in [2.45, 2.75) is 47.5 Å². The summed E-state index contributed by atoms with van der Waals surface area (Å²) < 4.78 is 0. The Balaban J connectivity index is 3.63. The van der Waals surface area contributed by atoms with Crippen molar-refractivity contribution in [3.63, 3.8) is 0 Å². The average molecular weight is 156 g/mol. The number of carbonyl (C=O) groups excluding carboxylic acids is 1. The van der Waals surface area contributed by atoms with E-state index in [2.05, 4.69) is 20.8 Å². The summed E-state index contributed by atoms with van der Waals surface area (Å²) in [7, 11) is 0. The summed E-state index contributed by atoms with van der Waals surface area (Å²) >= 11 is 0. The first kappa shape index (κ1) is 10.7. The van der Waals surface area contributed by atoms with Crippen molar-refractivity contribution in [2.75, 3.05) is 0 Å². The fraction of sp³-hybridized carbons (Fsp3) is 0.900. The highest BCUT2D eigenvalue weighted by Gasteiger charge is 2.14. The molecule has 0 aliphatic rings. The normalized spacial score (nSPS) is 14.6. The van der Waals surface area contributed by atoms with Crippen LogP contribution >= 0.6 is 0 Å². The molecule has 0 saturated carbocycles. The van der Waals surface area contributed by atoms with Crippen molar-refractivity contribution in [3.05, 3.63) is 0 Å². The zero-order valence-electron chi connectivity index (χ0n) is 8.40. The fourth-order valence-electron chi connectivity index (χ4n) is 0.853. The lowest BCUT2D eigenvalue weighted by Crippen LogP contribution is -2.12. The van der Waals surface area contributed by atoms with Crippen LogP contribution in [0, 0.1) is 11.3 Å². The Bertz CT molecular complexity index is 130. The van der Waals surface area contributed by atoms with Gasteiger partial charge in [-0.3, -0.25) is 4.79 Å². The summed E-state index contributed by atoms with van der Waals surface area (Å²) in [6.45, 7) is 10.3. The second-order valence-corrected chi connectivity index (χ2v) is 4.61. The summed E-state index contributed by atoms with van der Waals surface area (Å²) in [6.07, 6.45) is 2.16. The Morgan fingerprint density at radius 1 is 1.36 bits per heavy atom. The first-order valence-electron chi connectivity index (χ1n) is 4.33. The Kier molecular flexibility index (Phi) is 3.77. The van der Waals surface area contributed by atoms with Crippen molar-refractivity contribution in [3.8, 4) is 0 Å². The summed E-state index contributed by atoms with van der Waals surface area (Å²) in [4.78, 5) is 10.9. The zero-order chi connectivity index (χ0) is 9.07. The van der Waals surface area contributed by atoms with E-state index in [0.29, 0.717) is 11.2 Å². The molecule has 1 heteroatoms. The van der Waals surface area contributed by atoms with Gasteiger partial charge in [-0.25, -0.2) is 0 Å². The van der Waals surface area contributed by atoms with Gasteiger partial charge < -0.3 is 0 Å². The van der Waals surface area contributed by atoms with Gasteiger partial charge in [0, 0.05) is 5.92 Å². The second-order valence-electron chi connectivity index (χ2n) is 4.61. The first-order valence-corrected chi connectivity index (χ1v) is 4.33. The molecule has 0 bridgehead atoms. The van der Waals surface area contributed by atoms with E-state index in [9.17, 15) is 4.79 Å². The standard InChI is InChI=1S/C10H20O/c1-8(9(2)11)6-7-10(3,4)5/h8H,6-7H2,1-5H3/t8-/m1/s1. The molecule has 0 N–H and O–H groups in total. The molecule has 1 nitrogen and oxygen atoms in total. The van der Waals surface area contributed by atoms with Gasteiger partial charge in [0.05, 0.1) is 0 Å². The van der Waals surface area contributed by atoms with E-state index in [-0.39, 0.29) is 5.92 Å². The quantitative estimate of drug-likeness (QED) is 0.614. The van der Waals surface area contributed by atoms with Gasteiger partial charge in [-0.2, -0.15) is 0 Å². The molecule has 11 heavy (non-hydrogen) atoms. The Labute approximate surface area is 70.2 Å². The molecule has 0 spiro atoms. The van der Waals surface area contributed by atoms with Gasteiger partial charge in [0.1, 0.15) is 5.78 Å². The number of Topliss-reactive ketones (excluding diaryl/α,β-unsaturated/α-hetero) is 1. The zero-order valence-corrected chi connectivity index (χ0v) is 8.40. The third kappa shape index (κ3) is 6.08. The van der Waals surface area contributed by atoms with Crippen molar-refractivity contribution in [1.82, 2.24) is 0 Å². The number of hydrogen-bond donors (Lipinski definition) is 0. The number of ketones is 1. The highest BCUT2D eigenvalue weighted by molar-refractivity contribution is 5.77. The van der Waals surface area contributed by atoms with Crippen molar-refractivity contribution < 1.29 is 4.79 Å². The molecular formula is C10H20O. The maximum atomic E-state index is 10.9. The third-order valence-electron chi connectivity index (χ3n) is 2.02. The minimum absolute atomic E-state index is 0.245. The van der Waals surface area contributed by atoms with E-state index in [0.717, 1.165) is 12.8 Å². The van der Waals surface area contributed by atoms with Crippen molar-refractivity contribution in [1.29, 1.82) is 0 Å². The van der Waals surface area contributed by atoms with Crippen LogP contribution in [0.5, 0.6) is 0 Å². The SMILES string of the molecule is CC(=O)[C@H](C)CCC(C)(C)C. The third-order valence-corrected chi connectivity index (χ3v) is 2.02. The molecule has 66 valence electrons. The van der Waals surface area contributed by atoms with Crippen LogP contribution in [0.1, 0.15) is 47.5 Å². The van der Waals surface area contributed by atoms with Crippen LogP contribution in [0.4, 0.5) is 0 Å². The van der Waals surface area contributed by atoms with E-state index in [4.69, 9.17) is 0 Å². The molecule has 0 fully saturated rings. The minimum Gasteiger partial charge on any atom is -0.300 e. The number of hydrogen-bond acceptors (Lipinski definition) is 1. The van der Waals surface area contributed by atoms with Gasteiger partial charge in [0.15, 0.2) is 0 Å². The number of rotatable bonds is 3. The Morgan fingerprint density at radius 2 is 1.82 bits per heavy atom. The van der Waals surface area contributed by atoms with Gasteiger partial charge in [0.25, 0.3) is 0 Å². The monoisotopic (exact) mass is 156 g/mol. The summed E-state index contributed by atoms with van der Waals surface area (Å²) in [5.41, 5.74) is 0.365. The maximum Gasteiger partial charge on any atom is 0.132 e. The predicted molar refractivity (Wildman–Crippen MR) is 48.5 cm³/mol. The topological polar surface area (TPSA) is 17.1 Å². The molecule has 0 aromatic rings. The predicted octanol–water partition coefficient (Wildman–Crippen LogP) is 3.04. The van der Waals surface area contributed by atoms with Crippen molar-refractivity contribution >= 4 is 5.78 Å².